The number of carbonyl (C=O) groups is 2. The van der Waals surface area contributed by atoms with Gasteiger partial charge in [0.25, 0.3) is 0 Å². The Kier molecular flexibility index (Phi) is 4.61. The summed E-state index contributed by atoms with van der Waals surface area (Å²) in [5, 5.41) is 5.99. The average Bonchev–Trinajstić information content (AvgIpc) is 3.27. The molecule has 2 aromatic carbocycles. The Hall–Kier alpha value is -2.82. The highest BCUT2D eigenvalue weighted by atomic mass is 16.2. The van der Waals surface area contributed by atoms with Crippen LogP contribution in [-0.2, 0) is 17.8 Å². The van der Waals surface area contributed by atoms with Crippen molar-refractivity contribution in [2.45, 2.75) is 38.3 Å². The lowest BCUT2D eigenvalue weighted by Crippen LogP contribution is -2.36. The molecular weight excluding hydrogens is 326 g/mol. The van der Waals surface area contributed by atoms with Gasteiger partial charge in [0.2, 0.25) is 5.91 Å². The molecule has 0 bridgehead atoms. The fourth-order valence-electron chi connectivity index (χ4n) is 3.81. The van der Waals surface area contributed by atoms with Crippen molar-refractivity contribution in [2.75, 3.05) is 11.4 Å². The molecule has 1 aliphatic heterocycles. The van der Waals surface area contributed by atoms with Crippen LogP contribution in [0.2, 0.25) is 0 Å². The number of amides is 3. The molecule has 3 amide bonds. The first-order chi connectivity index (χ1) is 12.7. The van der Waals surface area contributed by atoms with E-state index in [-0.39, 0.29) is 18.0 Å². The van der Waals surface area contributed by atoms with Crippen LogP contribution in [0.15, 0.2) is 48.5 Å². The fraction of sp³-hybridized carbons (Fsp3) is 0.333. The number of hydrogen-bond acceptors (Lipinski definition) is 2. The molecule has 0 spiro atoms. The predicted molar refractivity (Wildman–Crippen MR) is 101 cm³/mol. The van der Waals surface area contributed by atoms with Crippen molar-refractivity contribution in [1.29, 1.82) is 0 Å². The number of carbonyl (C=O) groups excluding carboxylic acids is 2. The van der Waals surface area contributed by atoms with Crippen molar-refractivity contribution < 1.29 is 9.59 Å². The van der Waals surface area contributed by atoms with E-state index in [0.717, 1.165) is 37.1 Å². The number of nitrogens with one attached hydrogen (secondary N) is 2. The molecule has 134 valence electrons. The molecule has 0 radical (unpaired) electrons. The summed E-state index contributed by atoms with van der Waals surface area (Å²) < 4.78 is 0. The van der Waals surface area contributed by atoms with Gasteiger partial charge in [-0.15, -0.1) is 0 Å². The normalized spacial score (nSPS) is 18.7. The predicted octanol–water partition coefficient (Wildman–Crippen LogP) is 3.30. The van der Waals surface area contributed by atoms with Crippen LogP contribution in [0.5, 0.6) is 0 Å². The molecule has 5 nitrogen and oxygen atoms in total. The highest BCUT2D eigenvalue weighted by Crippen LogP contribution is 2.30. The van der Waals surface area contributed by atoms with E-state index in [0.29, 0.717) is 13.0 Å². The summed E-state index contributed by atoms with van der Waals surface area (Å²) in [5.74, 6) is 0.187. The molecule has 0 aromatic heterocycles. The number of aryl methyl sites for hydroxylation is 1. The molecule has 2 aromatic rings. The molecule has 1 fully saturated rings. The Bertz CT molecular complexity index is 816. The van der Waals surface area contributed by atoms with Gasteiger partial charge in [-0.1, -0.05) is 36.4 Å². The Morgan fingerprint density at radius 3 is 2.65 bits per heavy atom. The van der Waals surface area contributed by atoms with E-state index in [4.69, 9.17) is 0 Å². The second-order valence-corrected chi connectivity index (χ2v) is 6.93. The van der Waals surface area contributed by atoms with E-state index in [9.17, 15) is 9.59 Å². The largest absolute Gasteiger partial charge is 0.334 e. The minimum atomic E-state index is -0.148. The van der Waals surface area contributed by atoms with Gasteiger partial charge in [0, 0.05) is 25.2 Å². The van der Waals surface area contributed by atoms with Gasteiger partial charge >= 0.3 is 6.03 Å². The Balaban J connectivity index is 1.30. The highest BCUT2D eigenvalue weighted by Gasteiger charge is 2.23. The zero-order valence-corrected chi connectivity index (χ0v) is 14.7. The Morgan fingerprint density at radius 2 is 1.88 bits per heavy atom. The summed E-state index contributed by atoms with van der Waals surface area (Å²) in [6, 6.07) is 16.0. The third-order valence-electron chi connectivity index (χ3n) is 5.21. The van der Waals surface area contributed by atoms with Crippen molar-refractivity contribution in [1.82, 2.24) is 10.6 Å². The van der Waals surface area contributed by atoms with E-state index in [1.807, 2.05) is 41.3 Å². The molecule has 1 unspecified atom stereocenters. The Morgan fingerprint density at radius 1 is 1.08 bits per heavy atom. The van der Waals surface area contributed by atoms with Gasteiger partial charge in [0.15, 0.2) is 0 Å². The fourth-order valence-corrected chi connectivity index (χ4v) is 3.81. The van der Waals surface area contributed by atoms with Crippen LogP contribution in [0.4, 0.5) is 10.5 Å². The number of fused-ring (bicyclic) bond motifs is 1. The van der Waals surface area contributed by atoms with Crippen molar-refractivity contribution in [3.05, 3.63) is 65.2 Å². The van der Waals surface area contributed by atoms with E-state index in [2.05, 4.69) is 22.8 Å². The average molecular weight is 349 g/mol. The Labute approximate surface area is 153 Å². The van der Waals surface area contributed by atoms with Gasteiger partial charge in [-0.3, -0.25) is 4.79 Å². The number of hydrogen-bond donors (Lipinski definition) is 2. The molecule has 1 aliphatic carbocycles. The monoisotopic (exact) mass is 349 g/mol. The second kappa shape index (κ2) is 7.20. The molecule has 1 saturated heterocycles. The van der Waals surface area contributed by atoms with E-state index < -0.39 is 0 Å². The molecule has 2 N–H and O–H groups in total. The van der Waals surface area contributed by atoms with E-state index >= 15 is 0 Å². The summed E-state index contributed by atoms with van der Waals surface area (Å²) >= 11 is 0. The molecule has 1 heterocycles. The topological polar surface area (TPSA) is 61.4 Å². The summed E-state index contributed by atoms with van der Waals surface area (Å²) in [7, 11) is 0. The first-order valence-corrected chi connectivity index (χ1v) is 9.22. The lowest BCUT2D eigenvalue weighted by atomic mass is 10.1. The first-order valence-electron chi connectivity index (χ1n) is 9.22. The maximum Gasteiger partial charge on any atom is 0.315 e. The van der Waals surface area contributed by atoms with Crippen LogP contribution in [-0.4, -0.2) is 18.5 Å². The zero-order chi connectivity index (χ0) is 17.9. The van der Waals surface area contributed by atoms with Crippen LogP contribution in [0.25, 0.3) is 0 Å². The lowest BCUT2D eigenvalue weighted by molar-refractivity contribution is -0.117. The van der Waals surface area contributed by atoms with Crippen LogP contribution < -0.4 is 15.5 Å². The zero-order valence-electron chi connectivity index (χ0n) is 14.7. The quantitative estimate of drug-likeness (QED) is 0.890. The second-order valence-electron chi connectivity index (χ2n) is 6.93. The number of rotatable bonds is 4. The van der Waals surface area contributed by atoms with Gasteiger partial charge in [0.1, 0.15) is 0 Å². The number of nitrogens with zero attached hydrogens (tertiary/aromatic N) is 1. The van der Waals surface area contributed by atoms with Crippen LogP contribution >= 0.6 is 0 Å². The molecule has 26 heavy (non-hydrogen) atoms. The number of benzene rings is 2. The molecular formula is C21H23N3O2. The molecule has 0 saturated carbocycles. The van der Waals surface area contributed by atoms with Crippen LogP contribution in [0, 0.1) is 0 Å². The SMILES string of the molecule is O=C(NCc1ccc(N2CCCC2=O)cc1)NC1CCc2ccccc21. The molecule has 2 aliphatic rings. The van der Waals surface area contributed by atoms with Crippen molar-refractivity contribution in [2.24, 2.45) is 0 Å². The van der Waals surface area contributed by atoms with Gasteiger partial charge < -0.3 is 15.5 Å². The van der Waals surface area contributed by atoms with Gasteiger partial charge in [-0.05, 0) is 48.1 Å². The highest BCUT2D eigenvalue weighted by molar-refractivity contribution is 5.95. The maximum atomic E-state index is 12.2. The third kappa shape index (κ3) is 3.43. The molecule has 5 heteroatoms. The summed E-state index contributed by atoms with van der Waals surface area (Å²) in [5.41, 5.74) is 4.50. The lowest BCUT2D eigenvalue weighted by Gasteiger charge is -2.17. The molecule has 4 rings (SSSR count). The van der Waals surface area contributed by atoms with E-state index in [1.165, 1.54) is 11.1 Å². The smallest absolute Gasteiger partial charge is 0.315 e. The van der Waals surface area contributed by atoms with Gasteiger partial charge in [0.05, 0.1) is 6.04 Å². The van der Waals surface area contributed by atoms with Crippen LogP contribution in [0.3, 0.4) is 0 Å². The summed E-state index contributed by atoms with van der Waals surface area (Å²) in [6.07, 6.45) is 3.52. The van der Waals surface area contributed by atoms with Gasteiger partial charge in [-0.2, -0.15) is 0 Å². The van der Waals surface area contributed by atoms with E-state index in [1.54, 1.807) is 0 Å². The van der Waals surface area contributed by atoms with Crippen molar-refractivity contribution in [3.8, 4) is 0 Å². The number of urea groups is 1. The summed E-state index contributed by atoms with van der Waals surface area (Å²) in [4.78, 5) is 25.8. The maximum absolute atomic E-state index is 12.2. The van der Waals surface area contributed by atoms with Crippen molar-refractivity contribution >= 4 is 17.6 Å². The molecule has 1 atom stereocenters. The summed E-state index contributed by atoms with van der Waals surface area (Å²) in [6.45, 7) is 1.26. The standard InChI is InChI=1S/C21H23N3O2/c25-20-6-3-13-24(20)17-10-7-15(8-11-17)14-22-21(26)23-19-12-9-16-4-1-2-5-18(16)19/h1-2,4-5,7-8,10-11,19H,3,6,9,12-14H2,(H2,22,23,26). The first kappa shape index (κ1) is 16.6. The third-order valence-corrected chi connectivity index (χ3v) is 5.21. The van der Waals surface area contributed by atoms with Crippen molar-refractivity contribution in [3.63, 3.8) is 0 Å². The number of anilines is 1. The minimum Gasteiger partial charge on any atom is -0.334 e. The minimum absolute atomic E-state index is 0.0924. The van der Waals surface area contributed by atoms with Crippen LogP contribution in [0.1, 0.15) is 42.0 Å². The van der Waals surface area contributed by atoms with Gasteiger partial charge in [-0.25, -0.2) is 4.79 Å².